The number of ether oxygens (including phenoxy) is 1. The molecule has 0 radical (unpaired) electrons. The lowest BCUT2D eigenvalue weighted by molar-refractivity contribution is -0.118. The summed E-state index contributed by atoms with van der Waals surface area (Å²) in [7, 11) is 0. The average molecular weight is 213 g/mol. The van der Waals surface area contributed by atoms with Crippen LogP contribution in [0.1, 0.15) is 33.6 Å². The van der Waals surface area contributed by atoms with Crippen molar-refractivity contribution in [2.45, 2.75) is 39.2 Å². The van der Waals surface area contributed by atoms with Crippen LogP contribution >= 0.6 is 0 Å². The molecule has 0 aromatic carbocycles. The number of rotatable bonds is 5. The van der Waals surface area contributed by atoms with E-state index in [-0.39, 0.29) is 12.3 Å². The largest absolute Gasteiger partial charge is 0.444 e. The Hall–Kier alpha value is -1.32. The average Bonchev–Trinajstić information content (AvgIpc) is 2.08. The lowest BCUT2D eigenvalue weighted by Crippen LogP contribution is -2.35. The fourth-order valence-corrected chi connectivity index (χ4v) is 0.836. The third kappa shape index (κ3) is 9.00. The molecule has 0 aliphatic carbocycles. The lowest BCUT2D eigenvalue weighted by atomic mass is 10.2. The van der Waals surface area contributed by atoms with E-state index in [1.165, 1.54) is 0 Å². The molecule has 0 unspecified atom stereocenters. The second kappa shape index (κ2) is 6.22. The highest BCUT2D eigenvalue weighted by Crippen LogP contribution is 2.06. The summed E-state index contributed by atoms with van der Waals surface area (Å²) in [5, 5.41) is 2.40. The van der Waals surface area contributed by atoms with Crippen LogP contribution in [-0.4, -0.2) is 24.0 Å². The predicted molar refractivity (Wildman–Crippen MR) is 58.7 cm³/mol. The molecular weight excluding hydrogens is 194 g/mol. The second-order valence-electron chi connectivity index (χ2n) is 4.22. The molecule has 0 fully saturated rings. The highest BCUT2D eigenvalue weighted by atomic mass is 16.6. The number of ketones is 1. The molecular formula is C11H19NO3. The smallest absolute Gasteiger partial charge is 0.408 e. The second-order valence-corrected chi connectivity index (χ2v) is 4.22. The number of allylic oxidation sites excluding steroid dienone is 1. The van der Waals surface area contributed by atoms with Gasteiger partial charge in [-0.2, -0.15) is 0 Å². The first-order valence-corrected chi connectivity index (χ1v) is 4.94. The normalized spacial score (nSPS) is 10.6. The number of amides is 1. The first-order valence-electron chi connectivity index (χ1n) is 4.94. The van der Waals surface area contributed by atoms with Crippen LogP contribution < -0.4 is 5.32 Å². The maximum Gasteiger partial charge on any atom is 0.408 e. The Morgan fingerprint density at radius 3 is 2.47 bits per heavy atom. The van der Waals surface area contributed by atoms with Crippen LogP contribution in [-0.2, 0) is 9.53 Å². The molecule has 4 heteroatoms. The fraction of sp³-hybridized carbons (Fsp3) is 0.636. The van der Waals surface area contributed by atoms with Crippen molar-refractivity contribution in [2.24, 2.45) is 0 Å². The van der Waals surface area contributed by atoms with Gasteiger partial charge in [0.05, 0.1) is 6.54 Å². The van der Waals surface area contributed by atoms with Gasteiger partial charge in [-0.05, 0) is 27.2 Å². The molecule has 0 aliphatic heterocycles. The number of Topliss-reactive ketones (excluding diaryl/α,β-unsaturated/α-hetero) is 1. The maximum atomic E-state index is 11.2. The zero-order chi connectivity index (χ0) is 11.9. The number of hydrogen-bond acceptors (Lipinski definition) is 3. The Labute approximate surface area is 90.7 Å². The van der Waals surface area contributed by atoms with Crippen LogP contribution in [0.5, 0.6) is 0 Å². The number of alkyl carbamates (subject to hydrolysis) is 1. The highest BCUT2D eigenvalue weighted by molar-refractivity contribution is 5.84. The number of hydrogen-bond donors (Lipinski definition) is 1. The summed E-state index contributed by atoms with van der Waals surface area (Å²) in [5.74, 6) is -0.0271. The minimum Gasteiger partial charge on any atom is -0.444 e. The molecule has 0 aromatic rings. The van der Waals surface area contributed by atoms with Gasteiger partial charge in [0.15, 0.2) is 5.78 Å². The van der Waals surface area contributed by atoms with E-state index in [0.29, 0.717) is 12.8 Å². The van der Waals surface area contributed by atoms with Crippen LogP contribution in [0.25, 0.3) is 0 Å². The molecule has 4 nitrogen and oxygen atoms in total. The van der Waals surface area contributed by atoms with E-state index in [4.69, 9.17) is 4.74 Å². The van der Waals surface area contributed by atoms with Crippen LogP contribution in [0.15, 0.2) is 12.7 Å². The maximum absolute atomic E-state index is 11.2. The third-order valence-corrected chi connectivity index (χ3v) is 1.46. The van der Waals surface area contributed by atoms with E-state index >= 15 is 0 Å². The molecule has 0 rings (SSSR count). The number of carbonyl (C=O) groups is 2. The van der Waals surface area contributed by atoms with Crippen LogP contribution in [0, 0.1) is 0 Å². The molecule has 1 N–H and O–H groups in total. The van der Waals surface area contributed by atoms with Gasteiger partial charge in [0.25, 0.3) is 0 Å². The predicted octanol–water partition coefficient (Wildman–Crippen LogP) is 2.05. The van der Waals surface area contributed by atoms with Gasteiger partial charge in [-0.1, -0.05) is 6.08 Å². The first-order chi connectivity index (χ1) is 6.85. The SMILES string of the molecule is C=CCCC(=O)CNC(=O)OC(C)(C)C. The molecule has 0 aromatic heterocycles. The molecule has 0 aliphatic rings. The van der Waals surface area contributed by atoms with E-state index in [1.54, 1.807) is 26.8 Å². The minimum absolute atomic E-state index is 0.0166. The summed E-state index contributed by atoms with van der Waals surface area (Å²) >= 11 is 0. The van der Waals surface area contributed by atoms with Crippen molar-refractivity contribution in [3.63, 3.8) is 0 Å². The minimum atomic E-state index is -0.561. The summed E-state index contributed by atoms with van der Waals surface area (Å²) in [6.07, 6.45) is 2.15. The third-order valence-electron chi connectivity index (χ3n) is 1.46. The fourth-order valence-electron chi connectivity index (χ4n) is 0.836. The van der Waals surface area contributed by atoms with E-state index in [2.05, 4.69) is 11.9 Å². The standard InChI is InChI=1S/C11H19NO3/c1-5-6-7-9(13)8-12-10(14)15-11(2,3)4/h5H,1,6-8H2,2-4H3,(H,12,14). The first kappa shape index (κ1) is 13.7. The molecule has 0 spiro atoms. The van der Waals surface area contributed by atoms with Crippen molar-refractivity contribution >= 4 is 11.9 Å². The van der Waals surface area contributed by atoms with Crippen molar-refractivity contribution in [3.05, 3.63) is 12.7 Å². The van der Waals surface area contributed by atoms with Gasteiger partial charge >= 0.3 is 6.09 Å². The van der Waals surface area contributed by atoms with Crippen molar-refractivity contribution in [1.82, 2.24) is 5.32 Å². The Morgan fingerprint density at radius 2 is 2.00 bits per heavy atom. The van der Waals surface area contributed by atoms with Crippen LogP contribution in [0.3, 0.4) is 0 Å². The van der Waals surface area contributed by atoms with E-state index in [9.17, 15) is 9.59 Å². The van der Waals surface area contributed by atoms with Gasteiger partial charge in [-0.3, -0.25) is 4.79 Å². The summed E-state index contributed by atoms with van der Waals surface area (Å²) in [5.41, 5.74) is -0.533. The number of nitrogens with one attached hydrogen (secondary N) is 1. The summed E-state index contributed by atoms with van der Waals surface area (Å²) in [4.78, 5) is 22.3. The van der Waals surface area contributed by atoms with Crippen molar-refractivity contribution < 1.29 is 14.3 Å². The Balaban J connectivity index is 3.71. The van der Waals surface area contributed by atoms with Crippen molar-refractivity contribution in [1.29, 1.82) is 0 Å². The molecule has 0 bridgehead atoms. The van der Waals surface area contributed by atoms with Crippen molar-refractivity contribution in [3.8, 4) is 0 Å². The molecule has 15 heavy (non-hydrogen) atoms. The lowest BCUT2D eigenvalue weighted by Gasteiger charge is -2.19. The van der Waals surface area contributed by atoms with Gasteiger partial charge in [0.2, 0.25) is 0 Å². The monoisotopic (exact) mass is 213 g/mol. The van der Waals surface area contributed by atoms with Gasteiger partial charge < -0.3 is 10.1 Å². The molecule has 0 saturated heterocycles. The Bertz CT molecular complexity index is 241. The van der Waals surface area contributed by atoms with Gasteiger partial charge in [-0.15, -0.1) is 6.58 Å². The van der Waals surface area contributed by atoms with Gasteiger partial charge in [0.1, 0.15) is 5.60 Å². The summed E-state index contributed by atoms with van der Waals surface area (Å²) < 4.78 is 4.97. The zero-order valence-electron chi connectivity index (χ0n) is 9.63. The van der Waals surface area contributed by atoms with E-state index in [0.717, 1.165) is 0 Å². The summed E-state index contributed by atoms with van der Waals surface area (Å²) in [6.45, 7) is 8.84. The molecule has 1 amide bonds. The molecule has 0 atom stereocenters. The Kier molecular flexibility index (Phi) is 5.67. The number of carbonyl (C=O) groups excluding carboxylic acids is 2. The topological polar surface area (TPSA) is 55.4 Å². The van der Waals surface area contributed by atoms with Crippen LogP contribution in [0.4, 0.5) is 4.79 Å². The van der Waals surface area contributed by atoms with E-state index < -0.39 is 11.7 Å². The highest BCUT2D eigenvalue weighted by Gasteiger charge is 2.16. The summed E-state index contributed by atoms with van der Waals surface area (Å²) in [6, 6.07) is 0. The Morgan fingerprint density at radius 1 is 1.40 bits per heavy atom. The zero-order valence-corrected chi connectivity index (χ0v) is 9.63. The molecule has 0 saturated carbocycles. The van der Waals surface area contributed by atoms with Gasteiger partial charge in [-0.25, -0.2) is 4.79 Å². The quantitative estimate of drug-likeness (QED) is 0.711. The molecule has 0 heterocycles. The molecule has 86 valence electrons. The van der Waals surface area contributed by atoms with E-state index in [1.807, 2.05) is 0 Å². The van der Waals surface area contributed by atoms with Gasteiger partial charge in [0, 0.05) is 6.42 Å². The van der Waals surface area contributed by atoms with Crippen molar-refractivity contribution in [2.75, 3.05) is 6.54 Å². The van der Waals surface area contributed by atoms with Crippen LogP contribution in [0.2, 0.25) is 0 Å².